The summed E-state index contributed by atoms with van der Waals surface area (Å²) < 4.78 is 16.8. The molecule has 0 aliphatic carbocycles. The van der Waals surface area contributed by atoms with Crippen LogP contribution in [0.3, 0.4) is 0 Å². The molecule has 0 unspecified atom stereocenters. The van der Waals surface area contributed by atoms with E-state index in [-0.39, 0.29) is 24.6 Å². The Kier molecular flexibility index (Phi) is 9.05. The van der Waals surface area contributed by atoms with Crippen molar-refractivity contribution < 1.29 is 28.9 Å². The third kappa shape index (κ3) is 7.45. The summed E-state index contributed by atoms with van der Waals surface area (Å²) in [5.41, 5.74) is 4.13. The van der Waals surface area contributed by atoms with Crippen LogP contribution in [0.5, 0.6) is 11.5 Å². The summed E-state index contributed by atoms with van der Waals surface area (Å²) >= 11 is 6.42. The molecule has 1 aliphatic heterocycles. The second-order valence-corrected chi connectivity index (χ2v) is 7.64. The van der Waals surface area contributed by atoms with Crippen LogP contribution in [0.4, 0.5) is 0 Å². The minimum absolute atomic E-state index is 0.185. The van der Waals surface area contributed by atoms with E-state index in [1.54, 1.807) is 24.3 Å². The molecule has 9 nitrogen and oxygen atoms in total. The summed E-state index contributed by atoms with van der Waals surface area (Å²) in [5, 5.41) is 13.3. The van der Waals surface area contributed by atoms with Crippen LogP contribution in [-0.4, -0.2) is 67.6 Å². The summed E-state index contributed by atoms with van der Waals surface area (Å²) in [6.07, 6.45) is 1.49. The van der Waals surface area contributed by atoms with Gasteiger partial charge in [-0.3, -0.25) is 9.69 Å². The number of morpholine rings is 1. The number of carbonyl (C=O) groups excluding carboxylic acids is 1. The predicted octanol–water partition coefficient (Wildman–Crippen LogP) is 2.80. The normalized spacial score (nSPS) is 14.2. The van der Waals surface area contributed by atoms with Gasteiger partial charge >= 0.3 is 5.97 Å². The van der Waals surface area contributed by atoms with Crippen LogP contribution < -0.4 is 14.9 Å². The van der Waals surface area contributed by atoms with E-state index in [2.05, 4.69) is 10.5 Å². The lowest BCUT2D eigenvalue weighted by atomic mass is 10.1. The van der Waals surface area contributed by atoms with Crippen molar-refractivity contribution in [2.45, 2.75) is 13.5 Å². The van der Waals surface area contributed by atoms with E-state index in [9.17, 15) is 9.59 Å². The quantitative estimate of drug-likeness (QED) is 0.401. The predicted molar refractivity (Wildman–Crippen MR) is 123 cm³/mol. The average molecular weight is 476 g/mol. The van der Waals surface area contributed by atoms with Crippen molar-refractivity contribution in [2.75, 3.05) is 39.5 Å². The zero-order valence-electron chi connectivity index (χ0n) is 18.3. The van der Waals surface area contributed by atoms with Gasteiger partial charge in [0.25, 0.3) is 5.91 Å². The second-order valence-electron chi connectivity index (χ2n) is 7.24. The Morgan fingerprint density at radius 3 is 2.61 bits per heavy atom. The molecule has 0 saturated carbocycles. The maximum atomic E-state index is 12.1. The fourth-order valence-corrected chi connectivity index (χ4v) is 3.41. The van der Waals surface area contributed by atoms with Crippen molar-refractivity contribution in [3.05, 3.63) is 58.1 Å². The zero-order valence-corrected chi connectivity index (χ0v) is 19.0. The topological polar surface area (TPSA) is 110 Å². The van der Waals surface area contributed by atoms with Gasteiger partial charge in [0, 0.05) is 13.1 Å². The van der Waals surface area contributed by atoms with E-state index >= 15 is 0 Å². The second kappa shape index (κ2) is 12.2. The first-order valence-electron chi connectivity index (χ1n) is 10.5. The Balaban J connectivity index is 1.62. The molecule has 33 heavy (non-hydrogen) atoms. The Bertz CT molecular complexity index is 990. The van der Waals surface area contributed by atoms with Crippen LogP contribution >= 0.6 is 11.6 Å². The van der Waals surface area contributed by atoms with Gasteiger partial charge in [0.15, 0.2) is 11.5 Å². The third-order valence-corrected chi connectivity index (χ3v) is 5.07. The highest BCUT2D eigenvalue weighted by Crippen LogP contribution is 2.37. The Labute approximate surface area is 196 Å². The van der Waals surface area contributed by atoms with E-state index < -0.39 is 5.97 Å². The summed E-state index contributed by atoms with van der Waals surface area (Å²) in [7, 11) is 0. The Morgan fingerprint density at radius 2 is 1.94 bits per heavy atom. The molecule has 0 bridgehead atoms. The molecule has 0 atom stereocenters. The molecule has 1 aliphatic rings. The summed E-state index contributed by atoms with van der Waals surface area (Å²) in [4.78, 5) is 25.0. The minimum Gasteiger partial charge on any atom is -0.490 e. The molecule has 3 rings (SSSR count). The van der Waals surface area contributed by atoms with E-state index in [0.29, 0.717) is 41.9 Å². The summed E-state index contributed by atoms with van der Waals surface area (Å²) in [6, 6.07) is 9.76. The first-order chi connectivity index (χ1) is 16.0. The standard InChI is InChI=1S/C23H26ClN3O6/c1-2-32-20-12-17(13-25-26-21(28)14-27-7-9-31-10-8-27)11-19(24)22(20)33-15-16-3-5-18(6-4-16)23(29)30/h3-6,11-13H,2,7-10,14-15H2,1H3,(H,26,28)(H,29,30)/b25-13+. The van der Waals surface area contributed by atoms with Crippen LogP contribution in [0.2, 0.25) is 5.02 Å². The van der Waals surface area contributed by atoms with E-state index in [4.69, 9.17) is 30.9 Å². The fourth-order valence-electron chi connectivity index (χ4n) is 3.14. The van der Waals surface area contributed by atoms with Crippen molar-refractivity contribution >= 4 is 29.7 Å². The largest absolute Gasteiger partial charge is 0.490 e. The molecule has 1 saturated heterocycles. The Hall–Kier alpha value is -3.14. The maximum absolute atomic E-state index is 12.1. The highest BCUT2D eigenvalue weighted by Gasteiger charge is 2.15. The van der Waals surface area contributed by atoms with E-state index in [1.807, 2.05) is 11.8 Å². The number of amides is 1. The zero-order chi connectivity index (χ0) is 23.6. The molecule has 2 aromatic rings. The lowest BCUT2D eigenvalue weighted by Crippen LogP contribution is -2.42. The van der Waals surface area contributed by atoms with Gasteiger partial charge in [-0.15, -0.1) is 0 Å². The molecule has 176 valence electrons. The van der Waals surface area contributed by atoms with Gasteiger partial charge in [0.05, 0.1) is 43.2 Å². The lowest BCUT2D eigenvalue weighted by Gasteiger charge is -2.25. The number of aromatic carboxylic acids is 1. The highest BCUT2D eigenvalue weighted by atomic mass is 35.5. The van der Waals surface area contributed by atoms with Gasteiger partial charge in [0.1, 0.15) is 6.61 Å². The number of carbonyl (C=O) groups is 2. The monoisotopic (exact) mass is 475 g/mol. The minimum atomic E-state index is -0.987. The number of nitrogens with one attached hydrogen (secondary N) is 1. The van der Waals surface area contributed by atoms with Crippen LogP contribution in [0, 0.1) is 0 Å². The molecule has 10 heteroatoms. The number of hydrazone groups is 1. The van der Waals surface area contributed by atoms with E-state index in [0.717, 1.165) is 18.7 Å². The fraction of sp³-hybridized carbons (Fsp3) is 0.348. The number of halogens is 1. The number of hydrogen-bond donors (Lipinski definition) is 2. The van der Waals surface area contributed by atoms with Crippen molar-refractivity contribution in [2.24, 2.45) is 5.10 Å². The molecule has 1 fully saturated rings. The molecule has 2 N–H and O–H groups in total. The molecular weight excluding hydrogens is 450 g/mol. The molecule has 0 spiro atoms. The molecule has 0 aromatic heterocycles. The van der Waals surface area contributed by atoms with Gasteiger partial charge < -0.3 is 19.3 Å². The van der Waals surface area contributed by atoms with Crippen molar-refractivity contribution in [1.29, 1.82) is 0 Å². The molecule has 0 radical (unpaired) electrons. The maximum Gasteiger partial charge on any atom is 0.335 e. The number of hydrogen-bond acceptors (Lipinski definition) is 7. The molecule has 1 heterocycles. The number of rotatable bonds is 10. The van der Waals surface area contributed by atoms with Crippen molar-refractivity contribution in [3.8, 4) is 11.5 Å². The number of ether oxygens (including phenoxy) is 3. The lowest BCUT2D eigenvalue weighted by molar-refractivity contribution is -0.123. The van der Waals surface area contributed by atoms with Gasteiger partial charge in [-0.25, -0.2) is 10.2 Å². The SMILES string of the molecule is CCOc1cc(/C=N/NC(=O)CN2CCOCC2)cc(Cl)c1OCc1ccc(C(=O)O)cc1. The summed E-state index contributed by atoms with van der Waals surface area (Å²) in [6.45, 7) is 5.36. The van der Waals surface area contributed by atoms with Crippen LogP contribution in [0.25, 0.3) is 0 Å². The first-order valence-corrected chi connectivity index (χ1v) is 10.9. The molecular formula is C23H26ClN3O6. The van der Waals surface area contributed by atoms with Gasteiger partial charge in [0.2, 0.25) is 0 Å². The van der Waals surface area contributed by atoms with Crippen molar-refractivity contribution in [1.82, 2.24) is 10.3 Å². The Morgan fingerprint density at radius 1 is 1.21 bits per heavy atom. The van der Waals surface area contributed by atoms with E-state index in [1.165, 1.54) is 18.3 Å². The first kappa shape index (κ1) is 24.5. The van der Waals surface area contributed by atoms with Crippen LogP contribution in [0.15, 0.2) is 41.5 Å². The van der Waals surface area contributed by atoms with Crippen LogP contribution in [-0.2, 0) is 16.1 Å². The van der Waals surface area contributed by atoms with Crippen LogP contribution in [0.1, 0.15) is 28.4 Å². The molecule has 2 aromatic carbocycles. The van der Waals surface area contributed by atoms with Gasteiger partial charge in [-0.2, -0.15) is 5.10 Å². The smallest absolute Gasteiger partial charge is 0.335 e. The molecule has 1 amide bonds. The number of carboxylic acid groups (broad SMARTS) is 1. The van der Waals surface area contributed by atoms with Gasteiger partial charge in [-0.1, -0.05) is 23.7 Å². The average Bonchev–Trinajstić information content (AvgIpc) is 2.79. The highest BCUT2D eigenvalue weighted by molar-refractivity contribution is 6.32. The number of carboxylic acids is 1. The summed E-state index contributed by atoms with van der Waals surface area (Å²) in [5.74, 6) is -0.389. The van der Waals surface area contributed by atoms with Crippen molar-refractivity contribution in [3.63, 3.8) is 0 Å². The third-order valence-electron chi connectivity index (χ3n) is 4.79. The number of nitrogens with zero attached hydrogens (tertiary/aromatic N) is 2. The van der Waals surface area contributed by atoms with Gasteiger partial charge in [-0.05, 0) is 42.3 Å². The number of benzene rings is 2.